The molecule has 1 aromatic carbocycles. The Morgan fingerprint density at radius 1 is 1.33 bits per heavy atom. The van der Waals surface area contributed by atoms with E-state index in [1.54, 1.807) is 18.3 Å². The van der Waals surface area contributed by atoms with Crippen molar-refractivity contribution < 1.29 is 4.79 Å². The topological polar surface area (TPSA) is 33.2 Å². The van der Waals surface area contributed by atoms with Crippen molar-refractivity contribution in [1.82, 2.24) is 4.98 Å². The molecule has 0 saturated carbocycles. The van der Waals surface area contributed by atoms with Crippen LogP contribution in [0.5, 0.6) is 0 Å². The van der Waals surface area contributed by atoms with Crippen LogP contribution < -0.4 is 4.90 Å². The van der Waals surface area contributed by atoms with Gasteiger partial charge in [0, 0.05) is 23.2 Å². The lowest BCUT2D eigenvalue weighted by atomic mass is 10.1. The highest BCUT2D eigenvalue weighted by Crippen LogP contribution is 2.20. The van der Waals surface area contributed by atoms with Crippen molar-refractivity contribution in [3.63, 3.8) is 0 Å². The van der Waals surface area contributed by atoms with Gasteiger partial charge >= 0.3 is 0 Å². The quantitative estimate of drug-likeness (QED) is 0.791. The molecule has 3 nitrogen and oxygen atoms in total. The van der Waals surface area contributed by atoms with E-state index in [-0.39, 0.29) is 5.78 Å². The van der Waals surface area contributed by atoms with Crippen LogP contribution in [0.4, 0.5) is 5.69 Å². The van der Waals surface area contributed by atoms with Crippen molar-refractivity contribution in [2.24, 2.45) is 0 Å². The molecule has 94 valence electrons. The molecular weight excluding hydrogens is 244 g/mol. The fourth-order valence-corrected chi connectivity index (χ4v) is 2.56. The van der Waals surface area contributed by atoms with Gasteiger partial charge in [-0.2, -0.15) is 0 Å². The summed E-state index contributed by atoms with van der Waals surface area (Å²) >= 11 is 1.67. The molecule has 0 N–H and O–H groups in total. The van der Waals surface area contributed by atoms with E-state index in [1.807, 2.05) is 43.7 Å². The number of benzene rings is 1. The zero-order chi connectivity index (χ0) is 13.1. The van der Waals surface area contributed by atoms with Gasteiger partial charge < -0.3 is 4.90 Å². The van der Waals surface area contributed by atoms with E-state index in [4.69, 9.17) is 0 Å². The second kappa shape index (κ2) is 5.31. The molecule has 18 heavy (non-hydrogen) atoms. The first-order valence-electron chi connectivity index (χ1n) is 5.79. The van der Waals surface area contributed by atoms with Gasteiger partial charge in [-0.1, -0.05) is 0 Å². The monoisotopic (exact) mass is 260 g/mol. The zero-order valence-corrected chi connectivity index (χ0v) is 11.6. The lowest BCUT2D eigenvalue weighted by Crippen LogP contribution is -2.16. The summed E-state index contributed by atoms with van der Waals surface area (Å²) in [6.45, 7) is 4.45. The SMILES string of the molecule is CC(=O)c1ccc(N(C)Cc2scnc2C)cc1. The molecule has 1 aromatic heterocycles. The predicted molar refractivity (Wildman–Crippen MR) is 75.4 cm³/mol. The maximum atomic E-state index is 11.2. The average molecular weight is 260 g/mol. The Labute approximate surface area is 111 Å². The number of nitrogens with zero attached hydrogens (tertiary/aromatic N) is 2. The van der Waals surface area contributed by atoms with Gasteiger partial charge in [0.05, 0.1) is 17.7 Å². The molecular formula is C14H16N2OS. The Morgan fingerprint density at radius 3 is 2.50 bits per heavy atom. The predicted octanol–water partition coefficient (Wildman–Crippen LogP) is 3.29. The largest absolute Gasteiger partial charge is 0.369 e. The van der Waals surface area contributed by atoms with Crippen molar-refractivity contribution >= 4 is 22.8 Å². The zero-order valence-electron chi connectivity index (χ0n) is 10.8. The number of thiazole rings is 1. The third kappa shape index (κ3) is 2.76. The van der Waals surface area contributed by atoms with Crippen LogP contribution in [-0.4, -0.2) is 17.8 Å². The molecule has 0 spiro atoms. The van der Waals surface area contributed by atoms with Gasteiger partial charge in [-0.25, -0.2) is 4.98 Å². The summed E-state index contributed by atoms with van der Waals surface area (Å²) in [5.41, 5.74) is 4.82. The highest BCUT2D eigenvalue weighted by atomic mass is 32.1. The third-order valence-electron chi connectivity index (χ3n) is 2.94. The van der Waals surface area contributed by atoms with Crippen molar-refractivity contribution in [3.05, 3.63) is 45.9 Å². The molecule has 1 heterocycles. The standard InChI is InChI=1S/C14H16N2OS/c1-10-14(18-9-15-10)8-16(3)13-6-4-12(5-7-13)11(2)17/h4-7,9H,8H2,1-3H3. The highest BCUT2D eigenvalue weighted by Gasteiger charge is 2.07. The fourth-order valence-electron chi connectivity index (χ4n) is 1.74. The summed E-state index contributed by atoms with van der Waals surface area (Å²) < 4.78 is 0. The van der Waals surface area contributed by atoms with Gasteiger partial charge in [0.2, 0.25) is 0 Å². The number of Topliss-reactive ketones (excluding diaryl/α,β-unsaturated/α-hetero) is 1. The van der Waals surface area contributed by atoms with Gasteiger partial charge in [0.15, 0.2) is 5.78 Å². The number of carbonyl (C=O) groups excluding carboxylic acids is 1. The molecule has 0 fully saturated rings. The highest BCUT2D eigenvalue weighted by molar-refractivity contribution is 7.09. The molecule has 0 aliphatic carbocycles. The van der Waals surface area contributed by atoms with Gasteiger partial charge in [-0.3, -0.25) is 4.79 Å². The molecule has 0 atom stereocenters. The van der Waals surface area contributed by atoms with Crippen LogP contribution in [0.3, 0.4) is 0 Å². The summed E-state index contributed by atoms with van der Waals surface area (Å²) in [6, 6.07) is 7.70. The first kappa shape index (κ1) is 12.8. The van der Waals surface area contributed by atoms with Crippen LogP contribution in [0.1, 0.15) is 27.9 Å². The van der Waals surface area contributed by atoms with E-state index in [0.717, 1.165) is 23.5 Å². The molecule has 0 amide bonds. The second-order valence-corrected chi connectivity index (χ2v) is 5.26. The molecule has 0 unspecified atom stereocenters. The first-order chi connectivity index (χ1) is 8.58. The molecule has 2 aromatic rings. The number of ketones is 1. The van der Waals surface area contributed by atoms with Crippen LogP contribution in [0.25, 0.3) is 0 Å². The van der Waals surface area contributed by atoms with Gasteiger partial charge in [-0.05, 0) is 38.1 Å². The molecule has 4 heteroatoms. The summed E-state index contributed by atoms with van der Waals surface area (Å²) in [7, 11) is 2.04. The van der Waals surface area contributed by atoms with E-state index in [9.17, 15) is 4.79 Å². The molecule has 0 radical (unpaired) electrons. The van der Waals surface area contributed by atoms with E-state index < -0.39 is 0 Å². The van der Waals surface area contributed by atoms with Gasteiger partial charge in [0.25, 0.3) is 0 Å². The second-order valence-electron chi connectivity index (χ2n) is 4.32. The molecule has 0 saturated heterocycles. The third-order valence-corrected chi connectivity index (χ3v) is 3.86. The number of aryl methyl sites for hydroxylation is 1. The van der Waals surface area contributed by atoms with E-state index in [2.05, 4.69) is 9.88 Å². The van der Waals surface area contributed by atoms with Crippen LogP contribution in [-0.2, 0) is 6.54 Å². The van der Waals surface area contributed by atoms with Gasteiger partial charge in [0.1, 0.15) is 0 Å². The Balaban J connectivity index is 2.12. The molecule has 0 bridgehead atoms. The van der Waals surface area contributed by atoms with Crippen molar-refractivity contribution in [3.8, 4) is 0 Å². The van der Waals surface area contributed by atoms with Crippen LogP contribution >= 0.6 is 11.3 Å². The van der Waals surface area contributed by atoms with Crippen molar-refractivity contribution in [2.75, 3.05) is 11.9 Å². The summed E-state index contributed by atoms with van der Waals surface area (Å²) in [5, 5.41) is 0. The Hall–Kier alpha value is -1.68. The maximum absolute atomic E-state index is 11.2. The minimum Gasteiger partial charge on any atom is -0.369 e. The molecule has 2 rings (SSSR count). The fraction of sp³-hybridized carbons (Fsp3) is 0.286. The number of rotatable bonds is 4. The lowest BCUT2D eigenvalue weighted by molar-refractivity contribution is 0.101. The van der Waals surface area contributed by atoms with Crippen molar-refractivity contribution in [2.45, 2.75) is 20.4 Å². The minimum atomic E-state index is 0.0995. The number of anilines is 1. The molecule has 0 aliphatic heterocycles. The van der Waals surface area contributed by atoms with E-state index in [0.29, 0.717) is 0 Å². The van der Waals surface area contributed by atoms with Crippen LogP contribution in [0, 0.1) is 6.92 Å². The number of carbonyl (C=O) groups is 1. The van der Waals surface area contributed by atoms with E-state index >= 15 is 0 Å². The first-order valence-corrected chi connectivity index (χ1v) is 6.67. The number of hydrogen-bond donors (Lipinski definition) is 0. The van der Waals surface area contributed by atoms with Crippen LogP contribution in [0.2, 0.25) is 0 Å². The average Bonchev–Trinajstić information content (AvgIpc) is 2.75. The summed E-state index contributed by atoms with van der Waals surface area (Å²) in [4.78, 5) is 18.9. The van der Waals surface area contributed by atoms with Crippen LogP contribution in [0.15, 0.2) is 29.8 Å². The van der Waals surface area contributed by atoms with Crippen molar-refractivity contribution in [1.29, 1.82) is 0 Å². The smallest absolute Gasteiger partial charge is 0.159 e. The lowest BCUT2D eigenvalue weighted by Gasteiger charge is -2.18. The number of hydrogen-bond acceptors (Lipinski definition) is 4. The summed E-state index contributed by atoms with van der Waals surface area (Å²) in [6.07, 6.45) is 0. The normalized spacial score (nSPS) is 10.4. The van der Waals surface area contributed by atoms with Gasteiger partial charge in [-0.15, -0.1) is 11.3 Å². The maximum Gasteiger partial charge on any atom is 0.159 e. The molecule has 0 aliphatic rings. The van der Waals surface area contributed by atoms with E-state index in [1.165, 1.54) is 4.88 Å². The summed E-state index contributed by atoms with van der Waals surface area (Å²) in [5.74, 6) is 0.0995. The Bertz CT molecular complexity index is 545. The number of aromatic nitrogens is 1. The Morgan fingerprint density at radius 2 is 2.00 bits per heavy atom. The minimum absolute atomic E-state index is 0.0995. The Kier molecular flexibility index (Phi) is 3.77.